The lowest BCUT2D eigenvalue weighted by atomic mass is 10.1. The minimum atomic E-state index is 0.00904. The van der Waals surface area contributed by atoms with Gasteiger partial charge in [-0.3, -0.25) is 4.79 Å². The molecule has 0 saturated heterocycles. The maximum Gasteiger partial charge on any atom is 0.231 e. The van der Waals surface area contributed by atoms with Crippen molar-refractivity contribution in [3.63, 3.8) is 0 Å². The van der Waals surface area contributed by atoms with Crippen LogP contribution in [-0.2, 0) is 17.8 Å². The van der Waals surface area contributed by atoms with Gasteiger partial charge < -0.3 is 19.8 Å². The van der Waals surface area contributed by atoms with E-state index < -0.39 is 0 Å². The van der Waals surface area contributed by atoms with Crippen molar-refractivity contribution in [2.45, 2.75) is 26.8 Å². The second-order valence-corrected chi connectivity index (χ2v) is 5.24. The highest BCUT2D eigenvalue weighted by Crippen LogP contribution is 2.32. The van der Waals surface area contributed by atoms with Crippen LogP contribution in [0.1, 0.15) is 22.5 Å². The SMILES string of the molecule is Cc1cc(CC(=O)NCc2ccc3c(c2)OCO3)c(C)[nH]1. The number of aromatic nitrogens is 1. The summed E-state index contributed by atoms with van der Waals surface area (Å²) in [4.78, 5) is 15.2. The van der Waals surface area contributed by atoms with Crippen molar-refractivity contribution in [3.8, 4) is 11.5 Å². The van der Waals surface area contributed by atoms with Crippen molar-refractivity contribution >= 4 is 5.91 Å². The monoisotopic (exact) mass is 286 g/mol. The molecule has 21 heavy (non-hydrogen) atoms. The fourth-order valence-electron chi connectivity index (χ4n) is 2.45. The van der Waals surface area contributed by atoms with E-state index in [2.05, 4.69) is 10.3 Å². The van der Waals surface area contributed by atoms with E-state index in [0.717, 1.165) is 34.0 Å². The van der Waals surface area contributed by atoms with Gasteiger partial charge in [-0.25, -0.2) is 0 Å². The zero-order valence-corrected chi connectivity index (χ0v) is 12.2. The molecule has 1 aromatic heterocycles. The Morgan fingerprint density at radius 1 is 1.24 bits per heavy atom. The smallest absolute Gasteiger partial charge is 0.231 e. The molecule has 0 atom stereocenters. The van der Waals surface area contributed by atoms with Crippen molar-refractivity contribution < 1.29 is 14.3 Å². The maximum absolute atomic E-state index is 12.0. The van der Waals surface area contributed by atoms with E-state index >= 15 is 0 Å². The summed E-state index contributed by atoms with van der Waals surface area (Å²) in [5, 5.41) is 2.93. The van der Waals surface area contributed by atoms with Crippen LogP contribution in [0.5, 0.6) is 11.5 Å². The predicted molar refractivity (Wildman–Crippen MR) is 78.4 cm³/mol. The van der Waals surface area contributed by atoms with Crippen LogP contribution in [0.2, 0.25) is 0 Å². The quantitative estimate of drug-likeness (QED) is 0.906. The highest BCUT2D eigenvalue weighted by atomic mass is 16.7. The molecule has 1 amide bonds. The average molecular weight is 286 g/mol. The molecule has 0 unspecified atom stereocenters. The van der Waals surface area contributed by atoms with Crippen LogP contribution in [0, 0.1) is 13.8 Å². The van der Waals surface area contributed by atoms with Crippen molar-refractivity contribution in [3.05, 3.63) is 46.8 Å². The van der Waals surface area contributed by atoms with Gasteiger partial charge in [0.25, 0.3) is 0 Å². The van der Waals surface area contributed by atoms with Gasteiger partial charge in [0, 0.05) is 17.9 Å². The van der Waals surface area contributed by atoms with Gasteiger partial charge in [0.1, 0.15) is 0 Å². The summed E-state index contributed by atoms with van der Waals surface area (Å²) in [5.41, 5.74) is 4.15. The average Bonchev–Trinajstić information content (AvgIpc) is 3.02. The van der Waals surface area contributed by atoms with Gasteiger partial charge in [0.05, 0.1) is 6.42 Å². The lowest BCUT2D eigenvalue weighted by molar-refractivity contribution is -0.120. The summed E-state index contributed by atoms with van der Waals surface area (Å²) in [5.74, 6) is 1.50. The number of amides is 1. The number of carbonyl (C=O) groups excluding carboxylic acids is 1. The minimum absolute atomic E-state index is 0.00904. The Morgan fingerprint density at radius 2 is 2.05 bits per heavy atom. The first-order chi connectivity index (χ1) is 10.1. The maximum atomic E-state index is 12.0. The van der Waals surface area contributed by atoms with E-state index in [4.69, 9.17) is 9.47 Å². The lowest BCUT2D eigenvalue weighted by Crippen LogP contribution is -2.24. The third kappa shape index (κ3) is 3.02. The van der Waals surface area contributed by atoms with E-state index in [0.29, 0.717) is 13.0 Å². The van der Waals surface area contributed by atoms with E-state index in [1.54, 1.807) is 0 Å². The summed E-state index contributed by atoms with van der Waals surface area (Å²) in [6.45, 7) is 4.71. The Bertz CT molecular complexity index is 676. The zero-order chi connectivity index (χ0) is 14.8. The molecule has 0 aliphatic carbocycles. The van der Waals surface area contributed by atoms with E-state index in [-0.39, 0.29) is 12.7 Å². The van der Waals surface area contributed by atoms with Crippen LogP contribution in [0.25, 0.3) is 0 Å². The highest BCUT2D eigenvalue weighted by Gasteiger charge is 2.13. The topological polar surface area (TPSA) is 63.4 Å². The number of aryl methyl sites for hydroxylation is 2. The van der Waals surface area contributed by atoms with Gasteiger partial charge in [0.2, 0.25) is 12.7 Å². The molecule has 3 rings (SSSR count). The molecule has 1 aliphatic rings. The van der Waals surface area contributed by atoms with Gasteiger partial charge in [0.15, 0.2) is 11.5 Å². The summed E-state index contributed by atoms with van der Waals surface area (Å²) < 4.78 is 10.6. The molecule has 110 valence electrons. The molecule has 5 heteroatoms. The molecule has 1 aliphatic heterocycles. The van der Waals surface area contributed by atoms with E-state index in [1.807, 2.05) is 38.1 Å². The molecule has 0 bridgehead atoms. The molecule has 0 fully saturated rings. The Kier molecular flexibility index (Phi) is 3.56. The first kappa shape index (κ1) is 13.5. The number of nitrogens with one attached hydrogen (secondary N) is 2. The van der Waals surface area contributed by atoms with Crippen LogP contribution in [0.3, 0.4) is 0 Å². The molecule has 0 saturated carbocycles. The second kappa shape index (κ2) is 5.52. The molecular weight excluding hydrogens is 268 g/mol. The van der Waals surface area contributed by atoms with E-state index in [1.165, 1.54) is 0 Å². The molecular formula is C16H18N2O3. The molecule has 2 N–H and O–H groups in total. The largest absolute Gasteiger partial charge is 0.454 e. The van der Waals surface area contributed by atoms with Gasteiger partial charge in [-0.2, -0.15) is 0 Å². The van der Waals surface area contributed by atoms with Gasteiger partial charge in [-0.1, -0.05) is 6.07 Å². The molecule has 2 heterocycles. The fourth-order valence-corrected chi connectivity index (χ4v) is 2.45. The number of hydrogen-bond donors (Lipinski definition) is 2. The summed E-state index contributed by atoms with van der Waals surface area (Å²) >= 11 is 0. The number of carbonyl (C=O) groups is 1. The molecule has 0 radical (unpaired) electrons. The van der Waals surface area contributed by atoms with Crippen LogP contribution in [-0.4, -0.2) is 17.7 Å². The number of benzene rings is 1. The number of H-pyrrole nitrogens is 1. The van der Waals surface area contributed by atoms with Crippen molar-refractivity contribution in [1.29, 1.82) is 0 Å². The van der Waals surface area contributed by atoms with Gasteiger partial charge in [-0.15, -0.1) is 0 Å². The number of hydrogen-bond acceptors (Lipinski definition) is 3. The molecule has 1 aromatic carbocycles. The van der Waals surface area contributed by atoms with E-state index in [9.17, 15) is 4.79 Å². The summed E-state index contributed by atoms with van der Waals surface area (Å²) in [6.07, 6.45) is 0.390. The third-order valence-corrected chi connectivity index (χ3v) is 3.53. The summed E-state index contributed by atoms with van der Waals surface area (Å²) in [6, 6.07) is 7.70. The Hall–Kier alpha value is -2.43. The number of fused-ring (bicyclic) bond motifs is 1. The first-order valence-corrected chi connectivity index (χ1v) is 6.92. The molecule has 0 spiro atoms. The van der Waals surface area contributed by atoms with Crippen LogP contribution < -0.4 is 14.8 Å². The number of rotatable bonds is 4. The fraction of sp³-hybridized carbons (Fsp3) is 0.312. The number of aromatic amines is 1. The Morgan fingerprint density at radius 3 is 2.81 bits per heavy atom. The van der Waals surface area contributed by atoms with Crippen LogP contribution >= 0.6 is 0 Å². The summed E-state index contributed by atoms with van der Waals surface area (Å²) in [7, 11) is 0. The van der Waals surface area contributed by atoms with Gasteiger partial charge in [-0.05, 0) is 43.2 Å². The van der Waals surface area contributed by atoms with Crippen LogP contribution in [0.15, 0.2) is 24.3 Å². The first-order valence-electron chi connectivity index (χ1n) is 6.92. The minimum Gasteiger partial charge on any atom is -0.454 e. The standard InChI is InChI=1S/C16H18N2O3/c1-10-5-13(11(2)18-10)7-16(19)17-8-12-3-4-14-15(6-12)21-9-20-14/h3-6,18H,7-9H2,1-2H3,(H,17,19). The van der Waals surface area contributed by atoms with Crippen molar-refractivity contribution in [2.75, 3.05) is 6.79 Å². The van der Waals surface area contributed by atoms with Crippen molar-refractivity contribution in [2.24, 2.45) is 0 Å². The molecule has 2 aromatic rings. The Balaban J connectivity index is 1.57. The lowest BCUT2D eigenvalue weighted by Gasteiger charge is -2.06. The highest BCUT2D eigenvalue weighted by molar-refractivity contribution is 5.78. The molecule has 5 nitrogen and oxygen atoms in total. The van der Waals surface area contributed by atoms with Crippen molar-refractivity contribution in [1.82, 2.24) is 10.3 Å². The normalized spacial score (nSPS) is 12.5. The zero-order valence-electron chi connectivity index (χ0n) is 12.2. The number of ether oxygens (including phenoxy) is 2. The second-order valence-electron chi connectivity index (χ2n) is 5.24. The van der Waals surface area contributed by atoms with Crippen LogP contribution in [0.4, 0.5) is 0 Å². The third-order valence-electron chi connectivity index (χ3n) is 3.53. The Labute approximate surface area is 123 Å². The van der Waals surface area contributed by atoms with Gasteiger partial charge >= 0.3 is 0 Å². The predicted octanol–water partition coefficient (Wildman–Crippen LogP) is 2.22.